The summed E-state index contributed by atoms with van der Waals surface area (Å²) in [7, 11) is 0. The highest BCUT2D eigenvalue weighted by molar-refractivity contribution is 7.09. The Balaban J connectivity index is 1.42. The SMILES string of the molecule is CCN1CCC2(CCN(c3nc4nonc4nc3NCc3cccs3)C2)C1. The molecule has 1 atom stereocenters. The average Bonchev–Trinajstić information content (AvgIpc) is 3.48. The molecule has 8 nitrogen and oxygen atoms in total. The minimum atomic E-state index is 0.375. The lowest BCUT2D eigenvalue weighted by atomic mass is 9.86. The molecule has 3 aromatic heterocycles. The molecule has 0 radical (unpaired) electrons. The van der Waals surface area contributed by atoms with Crippen LogP contribution >= 0.6 is 11.3 Å². The lowest BCUT2D eigenvalue weighted by Gasteiger charge is -2.25. The fraction of sp³-hybridized carbons (Fsp3) is 0.556. The normalized spacial score (nSPS) is 23.1. The summed E-state index contributed by atoms with van der Waals surface area (Å²) in [6.07, 6.45) is 2.46. The minimum absolute atomic E-state index is 0.375. The number of rotatable bonds is 5. The maximum Gasteiger partial charge on any atom is 0.245 e. The van der Waals surface area contributed by atoms with Gasteiger partial charge in [0, 0.05) is 29.9 Å². The Kier molecular flexibility index (Phi) is 4.20. The van der Waals surface area contributed by atoms with E-state index in [2.05, 4.69) is 54.9 Å². The fourth-order valence-corrected chi connectivity index (χ4v) is 4.94. The van der Waals surface area contributed by atoms with Crippen LogP contribution in [-0.2, 0) is 6.54 Å². The Bertz CT molecular complexity index is 927. The van der Waals surface area contributed by atoms with Crippen molar-refractivity contribution in [2.24, 2.45) is 5.41 Å². The second kappa shape index (κ2) is 6.72. The number of fused-ring (bicyclic) bond motifs is 1. The van der Waals surface area contributed by atoms with Gasteiger partial charge in [-0.05, 0) is 47.7 Å². The van der Waals surface area contributed by atoms with Crippen LogP contribution in [0, 0.1) is 5.41 Å². The summed E-state index contributed by atoms with van der Waals surface area (Å²) >= 11 is 1.73. The van der Waals surface area contributed by atoms with E-state index in [4.69, 9.17) is 9.61 Å². The number of nitrogens with zero attached hydrogens (tertiary/aromatic N) is 6. The first-order valence-electron chi connectivity index (χ1n) is 9.49. The van der Waals surface area contributed by atoms with Gasteiger partial charge in [0.05, 0.1) is 6.54 Å². The van der Waals surface area contributed by atoms with Gasteiger partial charge in [0.2, 0.25) is 11.3 Å². The van der Waals surface area contributed by atoms with Gasteiger partial charge in [-0.25, -0.2) is 14.6 Å². The average molecular weight is 385 g/mol. The van der Waals surface area contributed by atoms with Crippen molar-refractivity contribution in [1.29, 1.82) is 0 Å². The molecular formula is C18H23N7OS. The van der Waals surface area contributed by atoms with Gasteiger partial charge in [-0.3, -0.25) is 0 Å². The molecule has 0 amide bonds. The lowest BCUT2D eigenvalue weighted by Crippen LogP contribution is -2.31. The smallest absolute Gasteiger partial charge is 0.245 e. The van der Waals surface area contributed by atoms with Gasteiger partial charge < -0.3 is 15.1 Å². The van der Waals surface area contributed by atoms with Gasteiger partial charge in [0.15, 0.2) is 11.6 Å². The van der Waals surface area contributed by atoms with E-state index in [1.807, 2.05) is 0 Å². The molecule has 2 fully saturated rings. The van der Waals surface area contributed by atoms with E-state index in [1.165, 1.54) is 30.8 Å². The van der Waals surface area contributed by atoms with E-state index in [-0.39, 0.29) is 0 Å². The molecular weight excluding hydrogens is 362 g/mol. The lowest BCUT2D eigenvalue weighted by molar-refractivity contribution is 0.286. The molecule has 5 heterocycles. The Morgan fingerprint density at radius 2 is 2.04 bits per heavy atom. The number of aromatic nitrogens is 4. The zero-order valence-corrected chi connectivity index (χ0v) is 16.2. The van der Waals surface area contributed by atoms with Crippen LogP contribution in [0.2, 0.25) is 0 Å². The first-order valence-corrected chi connectivity index (χ1v) is 10.4. The fourth-order valence-electron chi connectivity index (χ4n) is 4.30. The van der Waals surface area contributed by atoms with Gasteiger partial charge in [-0.1, -0.05) is 13.0 Å². The third kappa shape index (κ3) is 3.14. The van der Waals surface area contributed by atoms with Crippen LogP contribution < -0.4 is 10.2 Å². The molecule has 1 unspecified atom stereocenters. The van der Waals surface area contributed by atoms with Gasteiger partial charge >= 0.3 is 0 Å². The van der Waals surface area contributed by atoms with Crippen LogP contribution in [0.3, 0.4) is 0 Å². The standard InChI is InChI=1S/C18H23N7OS/c1-2-24-7-5-18(11-24)6-8-25(12-18)17-16(19-10-13-4-3-9-27-13)20-14-15(21-17)23-26-22-14/h3-4,9H,2,5-8,10-12H2,1H3,(H,19,20,22). The molecule has 2 aliphatic heterocycles. The predicted octanol–water partition coefficient (Wildman–Crippen LogP) is 2.61. The molecule has 9 heteroatoms. The third-order valence-corrected chi connectivity index (χ3v) is 6.68. The van der Waals surface area contributed by atoms with E-state index in [0.29, 0.717) is 16.7 Å². The summed E-state index contributed by atoms with van der Waals surface area (Å²) in [5.41, 5.74) is 1.29. The van der Waals surface area contributed by atoms with E-state index in [0.717, 1.165) is 37.8 Å². The Labute approximate surface area is 161 Å². The number of likely N-dealkylation sites (tertiary alicyclic amines) is 1. The van der Waals surface area contributed by atoms with Crippen molar-refractivity contribution in [3.8, 4) is 0 Å². The zero-order valence-electron chi connectivity index (χ0n) is 15.4. The minimum Gasteiger partial charge on any atom is -0.362 e. The van der Waals surface area contributed by atoms with Crippen LogP contribution in [0.4, 0.5) is 11.6 Å². The second-order valence-corrected chi connectivity index (χ2v) is 8.56. The highest BCUT2D eigenvalue weighted by atomic mass is 32.1. The number of nitrogens with one attached hydrogen (secondary N) is 1. The number of hydrogen-bond donors (Lipinski definition) is 1. The summed E-state index contributed by atoms with van der Waals surface area (Å²) in [4.78, 5) is 15.5. The molecule has 2 saturated heterocycles. The maximum absolute atomic E-state index is 4.83. The Morgan fingerprint density at radius 1 is 1.19 bits per heavy atom. The van der Waals surface area contributed by atoms with Gasteiger partial charge in [-0.15, -0.1) is 11.3 Å². The summed E-state index contributed by atoms with van der Waals surface area (Å²) in [6.45, 7) is 8.49. The largest absolute Gasteiger partial charge is 0.362 e. The molecule has 1 spiro atoms. The molecule has 2 aliphatic rings. The summed E-state index contributed by atoms with van der Waals surface area (Å²) < 4.78 is 4.83. The van der Waals surface area contributed by atoms with Crippen molar-refractivity contribution in [1.82, 2.24) is 25.2 Å². The summed E-state index contributed by atoms with van der Waals surface area (Å²) in [6, 6.07) is 4.17. The van der Waals surface area contributed by atoms with Crippen molar-refractivity contribution >= 4 is 34.3 Å². The molecule has 0 saturated carbocycles. The highest BCUT2D eigenvalue weighted by Gasteiger charge is 2.44. The Morgan fingerprint density at radius 3 is 2.81 bits per heavy atom. The van der Waals surface area contributed by atoms with E-state index < -0.39 is 0 Å². The molecule has 27 heavy (non-hydrogen) atoms. The van der Waals surface area contributed by atoms with Gasteiger partial charge in [0.25, 0.3) is 0 Å². The number of anilines is 2. The van der Waals surface area contributed by atoms with E-state index >= 15 is 0 Å². The van der Waals surface area contributed by atoms with Gasteiger partial charge in [-0.2, -0.15) is 0 Å². The van der Waals surface area contributed by atoms with Crippen molar-refractivity contribution in [2.45, 2.75) is 26.3 Å². The molecule has 142 valence electrons. The van der Waals surface area contributed by atoms with Crippen molar-refractivity contribution in [2.75, 3.05) is 42.9 Å². The summed E-state index contributed by atoms with van der Waals surface area (Å²) in [5.74, 6) is 1.62. The van der Waals surface area contributed by atoms with Crippen molar-refractivity contribution in [3.63, 3.8) is 0 Å². The van der Waals surface area contributed by atoms with Crippen molar-refractivity contribution < 1.29 is 4.63 Å². The molecule has 0 aliphatic carbocycles. The quantitative estimate of drug-likeness (QED) is 0.718. The maximum atomic E-state index is 4.83. The van der Waals surface area contributed by atoms with Crippen LogP contribution in [0.5, 0.6) is 0 Å². The molecule has 0 aromatic carbocycles. The second-order valence-electron chi connectivity index (χ2n) is 7.53. The molecule has 1 N–H and O–H groups in total. The third-order valence-electron chi connectivity index (χ3n) is 5.81. The zero-order chi connectivity index (χ0) is 18.3. The van der Waals surface area contributed by atoms with E-state index in [1.54, 1.807) is 11.3 Å². The molecule has 5 rings (SSSR count). The predicted molar refractivity (Wildman–Crippen MR) is 105 cm³/mol. The monoisotopic (exact) mass is 385 g/mol. The van der Waals surface area contributed by atoms with Gasteiger partial charge in [0.1, 0.15) is 0 Å². The van der Waals surface area contributed by atoms with Crippen LogP contribution in [0.15, 0.2) is 22.1 Å². The molecule has 3 aromatic rings. The summed E-state index contributed by atoms with van der Waals surface area (Å²) in [5, 5.41) is 13.3. The van der Waals surface area contributed by atoms with Crippen molar-refractivity contribution in [3.05, 3.63) is 22.4 Å². The Hall–Kier alpha value is -2.26. The van der Waals surface area contributed by atoms with E-state index in [9.17, 15) is 0 Å². The first kappa shape index (κ1) is 16.9. The van der Waals surface area contributed by atoms with Crippen LogP contribution in [-0.4, -0.2) is 57.9 Å². The number of hydrogen-bond acceptors (Lipinski definition) is 9. The van der Waals surface area contributed by atoms with Crippen LogP contribution in [0.25, 0.3) is 11.3 Å². The molecule has 0 bridgehead atoms. The number of thiophene rings is 1. The highest BCUT2D eigenvalue weighted by Crippen LogP contribution is 2.42. The first-order chi connectivity index (χ1) is 13.2. The topological polar surface area (TPSA) is 83.2 Å². The van der Waals surface area contributed by atoms with Crippen LogP contribution in [0.1, 0.15) is 24.6 Å².